The van der Waals surface area contributed by atoms with Crippen LogP contribution in [0.3, 0.4) is 0 Å². The van der Waals surface area contributed by atoms with Crippen molar-refractivity contribution in [3.05, 3.63) is 24.7 Å². The van der Waals surface area contributed by atoms with E-state index in [1.54, 1.807) is 0 Å². The molecular formula is C12H20O3. The van der Waals surface area contributed by atoms with Crippen molar-refractivity contribution in [2.75, 3.05) is 7.11 Å². The fourth-order valence-electron chi connectivity index (χ4n) is 1.06. The standard InChI is InChI=1S/C12H20O3/c1-4-5-6-7-8-11(2)15-10-9-12(13)14-3/h9-10H,2,4-8H2,1,3H3/b10-9+. The molecule has 0 rings (SSSR count). The molecule has 0 saturated carbocycles. The van der Waals surface area contributed by atoms with Crippen molar-refractivity contribution in [1.29, 1.82) is 0 Å². The molecule has 0 aromatic carbocycles. The molecule has 0 saturated heterocycles. The van der Waals surface area contributed by atoms with E-state index in [4.69, 9.17) is 4.74 Å². The zero-order chi connectivity index (χ0) is 11.5. The summed E-state index contributed by atoms with van der Waals surface area (Å²) in [4.78, 5) is 10.7. The van der Waals surface area contributed by atoms with Gasteiger partial charge in [0.15, 0.2) is 0 Å². The number of carbonyl (C=O) groups is 1. The molecule has 0 N–H and O–H groups in total. The van der Waals surface area contributed by atoms with Crippen molar-refractivity contribution >= 4 is 5.97 Å². The van der Waals surface area contributed by atoms with Crippen LogP contribution in [0.2, 0.25) is 0 Å². The van der Waals surface area contributed by atoms with Gasteiger partial charge in [-0.25, -0.2) is 4.79 Å². The number of rotatable bonds is 8. The monoisotopic (exact) mass is 212 g/mol. The van der Waals surface area contributed by atoms with Crippen LogP contribution in [-0.4, -0.2) is 13.1 Å². The predicted molar refractivity (Wildman–Crippen MR) is 60.1 cm³/mol. The second kappa shape index (κ2) is 9.31. The third-order valence-corrected chi connectivity index (χ3v) is 1.95. The molecule has 0 amide bonds. The van der Waals surface area contributed by atoms with E-state index in [0.717, 1.165) is 12.8 Å². The number of methoxy groups -OCH3 is 1. The Hall–Kier alpha value is -1.25. The molecule has 0 bridgehead atoms. The van der Waals surface area contributed by atoms with Gasteiger partial charge in [0.25, 0.3) is 0 Å². The number of unbranched alkanes of at least 4 members (excludes halogenated alkanes) is 3. The zero-order valence-electron chi connectivity index (χ0n) is 9.62. The SMILES string of the molecule is C=C(CCCCCC)O/C=C/C(=O)OC. The van der Waals surface area contributed by atoms with Gasteiger partial charge >= 0.3 is 5.97 Å². The van der Waals surface area contributed by atoms with E-state index in [0.29, 0.717) is 5.76 Å². The van der Waals surface area contributed by atoms with Crippen LogP contribution in [0.25, 0.3) is 0 Å². The van der Waals surface area contributed by atoms with Gasteiger partial charge in [-0.2, -0.15) is 0 Å². The van der Waals surface area contributed by atoms with Crippen LogP contribution in [0, 0.1) is 0 Å². The average Bonchev–Trinajstić information content (AvgIpc) is 2.24. The largest absolute Gasteiger partial charge is 0.470 e. The highest BCUT2D eigenvalue weighted by Crippen LogP contribution is 2.09. The number of ether oxygens (including phenoxy) is 2. The van der Waals surface area contributed by atoms with Gasteiger partial charge in [0, 0.05) is 6.42 Å². The van der Waals surface area contributed by atoms with E-state index in [1.807, 2.05) is 0 Å². The molecule has 0 radical (unpaired) electrons. The third kappa shape index (κ3) is 9.06. The summed E-state index contributed by atoms with van der Waals surface area (Å²) < 4.78 is 9.53. The van der Waals surface area contributed by atoms with E-state index in [1.165, 1.54) is 38.7 Å². The Morgan fingerprint density at radius 3 is 2.67 bits per heavy atom. The number of esters is 1. The topological polar surface area (TPSA) is 35.5 Å². The van der Waals surface area contributed by atoms with Crippen LogP contribution in [-0.2, 0) is 14.3 Å². The number of carbonyl (C=O) groups excluding carboxylic acids is 1. The van der Waals surface area contributed by atoms with Crippen LogP contribution >= 0.6 is 0 Å². The summed E-state index contributed by atoms with van der Waals surface area (Å²) in [6.45, 7) is 5.92. The zero-order valence-corrected chi connectivity index (χ0v) is 9.62. The normalized spacial score (nSPS) is 10.3. The average molecular weight is 212 g/mol. The predicted octanol–water partition coefficient (Wildman–Crippen LogP) is 3.17. The second-order valence-corrected chi connectivity index (χ2v) is 3.29. The Morgan fingerprint density at radius 1 is 1.33 bits per heavy atom. The Labute approximate surface area is 91.8 Å². The lowest BCUT2D eigenvalue weighted by Crippen LogP contribution is -1.94. The first-order chi connectivity index (χ1) is 7.20. The molecule has 0 aliphatic carbocycles. The summed E-state index contributed by atoms with van der Waals surface area (Å²) in [5.41, 5.74) is 0. The van der Waals surface area contributed by atoms with Gasteiger partial charge in [0.2, 0.25) is 0 Å². The molecule has 86 valence electrons. The van der Waals surface area contributed by atoms with E-state index in [-0.39, 0.29) is 0 Å². The first kappa shape index (κ1) is 13.8. The molecule has 0 unspecified atom stereocenters. The van der Waals surface area contributed by atoms with Gasteiger partial charge in [0.05, 0.1) is 25.2 Å². The van der Waals surface area contributed by atoms with Crippen LogP contribution in [0.5, 0.6) is 0 Å². The van der Waals surface area contributed by atoms with E-state index in [2.05, 4.69) is 18.2 Å². The Kier molecular flexibility index (Phi) is 8.53. The Morgan fingerprint density at radius 2 is 2.07 bits per heavy atom. The molecule has 0 aromatic rings. The van der Waals surface area contributed by atoms with Crippen molar-refractivity contribution in [2.24, 2.45) is 0 Å². The van der Waals surface area contributed by atoms with Crippen molar-refractivity contribution in [3.63, 3.8) is 0 Å². The Balaban J connectivity index is 3.49. The van der Waals surface area contributed by atoms with Gasteiger partial charge in [0.1, 0.15) is 0 Å². The molecular weight excluding hydrogens is 192 g/mol. The quantitative estimate of drug-likeness (QED) is 0.268. The summed E-state index contributed by atoms with van der Waals surface area (Å²) in [6.07, 6.45) is 8.12. The van der Waals surface area contributed by atoms with E-state index < -0.39 is 5.97 Å². The highest BCUT2D eigenvalue weighted by molar-refractivity contribution is 5.81. The fourth-order valence-corrected chi connectivity index (χ4v) is 1.06. The minimum Gasteiger partial charge on any atom is -0.470 e. The van der Waals surface area contributed by atoms with Crippen LogP contribution in [0.4, 0.5) is 0 Å². The minimum atomic E-state index is -0.422. The molecule has 0 aliphatic rings. The summed E-state index contributed by atoms with van der Waals surface area (Å²) in [5, 5.41) is 0. The summed E-state index contributed by atoms with van der Waals surface area (Å²) in [7, 11) is 1.33. The molecule has 0 fully saturated rings. The smallest absolute Gasteiger partial charge is 0.333 e. The lowest BCUT2D eigenvalue weighted by molar-refractivity contribution is -0.134. The van der Waals surface area contributed by atoms with Crippen LogP contribution in [0.15, 0.2) is 24.7 Å². The maximum absolute atomic E-state index is 10.7. The van der Waals surface area contributed by atoms with Crippen molar-refractivity contribution in [3.8, 4) is 0 Å². The van der Waals surface area contributed by atoms with Crippen molar-refractivity contribution in [1.82, 2.24) is 0 Å². The first-order valence-corrected chi connectivity index (χ1v) is 5.29. The van der Waals surface area contributed by atoms with E-state index >= 15 is 0 Å². The molecule has 0 aliphatic heterocycles. The Bertz CT molecular complexity index is 219. The molecule has 0 heterocycles. The van der Waals surface area contributed by atoms with Gasteiger partial charge in [-0.3, -0.25) is 0 Å². The summed E-state index contributed by atoms with van der Waals surface area (Å²) in [5.74, 6) is 0.264. The third-order valence-electron chi connectivity index (χ3n) is 1.95. The first-order valence-electron chi connectivity index (χ1n) is 5.29. The number of allylic oxidation sites excluding steroid dienone is 1. The molecule has 0 spiro atoms. The summed E-state index contributed by atoms with van der Waals surface area (Å²) in [6, 6.07) is 0. The molecule has 3 nitrogen and oxygen atoms in total. The highest BCUT2D eigenvalue weighted by atomic mass is 16.5. The lowest BCUT2D eigenvalue weighted by Gasteiger charge is -2.03. The van der Waals surface area contributed by atoms with Crippen LogP contribution in [0.1, 0.15) is 39.0 Å². The number of hydrogen-bond acceptors (Lipinski definition) is 3. The van der Waals surface area contributed by atoms with Gasteiger partial charge in [-0.1, -0.05) is 32.8 Å². The van der Waals surface area contributed by atoms with Gasteiger partial charge in [-0.15, -0.1) is 0 Å². The van der Waals surface area contributed by atoms with Gasteiger partial charge in [-0.05, 0) is 6.42 Å². The maximum atomic E-state index is 10.7. The second-order valence-electron chi connectivity index (χ2n) is 3.29. The number of hydrogen-bond donors (Lipinski definition) is 0. The molecule has 3 heteroatoms. The van der Waals surface area contributed by atoms with Crippen molar-refractivity contribution < 1.29 is 14.3 Å². The van der Waals surface area contributed by atoms with Crippen molar-refractivity contribution in [2.45, 2.75) is 39.0 Å². The highest BCUT2D eigenvalue weighted by Gasteiger charge is 1.95. The molecule has 15 heavy (non-hydrogen) atoms. The lowest BCUT2D eigenvalue weighted by atomic mass is 10.1. The minimum absolute atomic E-state index is 0.422. The molecule has 0 atom stereocenters. The fraction of sp³-hybridized carbons (Fsp3) is 0.583. The van der Waals surface area contributed by atoms with Crippen LogP contribution < -0.4 is 0 Å². The van der Waals surface area contributed by atoms with E-state index in [9.17, 15) is 4.79 Å². The summed E-state index contributed by atoms with van der Waals surface area (Å²) >= 11 is 0. The van der Waals surface area contributed by atoms with Gasteiger partial charge < -0.3 is 9.47 Å². The molecule has 0 aromatic heterocycles. The maximum Gasteiger partial charge on any atom is 0.333 e.